The smallest absolute Gasteiger partial charge is 0.355 e. The number of ether oxygens (including phenoxy) is 1. The van der Waals surface area contributed by atoms with E-state index >= 15 is 0 Å². The SMILES string of the molecule is CCOC(=O)C1=NN(C(C)=O)C2C(=O)N(c3ccc(Cl)cc3)C(=O)C12. The molecule has 0 radical (unpaired) electrons. The molecule has 1 aromatic rings. The third-order valence-electron chi connectivity index (χ3n) is 3.94. The molecule has 0 aliphatic carbocycles. The Morgan fingerprint density at radius 2 is 1.84 bits per heavy atom. The first-order chi connectivity index (χ1) is 11.9. The van der Waals surface area contributed by atoms with E-state index in [1.165, 1.54) is 31.2 Å². The number of imide groups is 1. The highest BCUT2D eigenvalue weighted by Crippen LogP contribution is 2.35. The summed E-state index contributed by atoms with van der Waals surface area (Å²) >= 11 is 5.83. The summed E-state index contributed by atoms with van der Waals surface area (Å²) in [5, 5.41) is 5.18. The Labute approximate surface area is 148 Å². The Morgan fingerprint density at radius 3 is 2.40 bits per heavy atom. The molecule has 0 bridgehead atoms. The molecule has 9 heteroatoms. The van der Waals surface area contributed by atoms with Crippen LogP contribution >= 0.6 is 11.6 Å². The third-order valence-corrected chi connectivity index (χ3v) is 4.19. The van der Waals surface area contributed by atoms with Gasteiger partial charge >= 0.3 is 5.97 Å². The third kappa shape index (κ3) is 2.68. The fourth-order valence-electron chi connectivity index (χ4n) is 2.89. The largest absolute Gasteiger partial charge is 0.461 e. The van der Waals surface area contributed by atoms with Gasteiger partial charge in [0, 0.05) is 11.9 Å². The maximum Gasteiger partial charge on any atom is 0.355 e. The van der Waals surface area contributed by atoms with E-state index < -0.39 is 35.7 Å². The van der Waals surface area contributed by atoms with Crippen molar-refractivity contribution in [2.75, 3.05) is 11.5 Å². The summed E-state index contributed by atoms with van der Waals surface area (Å²) in [5.41, 5.74) is 0.0670. The summed E-state index contributed by atoms with van der Waals surface area (Å²) in [7, 11) is 0. The summed E-state index contributed by atoms with van der Waals surface area (Å²) in [6, 6.07) is 4.92. The predicted octanol–water partition coefficient (Wildman–Crippen LogP) is 0.979. The fraction of sp³-hybridized carbons (Fsp3) is 0.312. The second-order valence-electron chi connectivity index (χ2n) is 5.48. The molecule has 1 aromatic carbocycles. The molecular formula is C16H14ClN3O5. The second kappa shape index (κ2) is 6.29. The average molecular weight is 364 g/mol. The lowest BCUT2D eigenvalue weighted by Gasteiger charge is -2.19. The van der Waals surface area contributed by atoms with Crippen molar-refractivity contribution in [1.29, 1.82) is 0 Å². The van der Waals surface area contributed by atoms with Crippen molar-refractivity contribution in [2.24, 2.45) is 11.0 Å². The zero-order valence-corrected chi connectivity index (χ0v) is 14.2. The van der Waals surface area contributed by atoms with Gasteiger partial charge in [-0.1, -0.05) is 11.6 Å². The number of carbonyl (C=O) groups excluding carboxylic acids is 4. The van der Waals surface area contributed by atoms with Gasteiger partial charge in [0.05, 0.1) is 12.3 Å². The lowest BCUT2D eigenvalue weighted by atomic mass is 9.98. The predicted molar refractivity (Wildman–Crippen MR) is 87.8 cm³/mol. The number of anilines is 1. The van der Waals surface area contributed by atoms with E-state index in [1.807, 2.05) is 0 Å². The van der Waals surface area contributed by atoms with E-state index in [-0.39, 0.29) is 12.3 Å². The molecule has 130 valence electrons. The second-order valence-corrected chi connectivity index (χ2v) is 5.92. The number of nitrogens with zero attached hydrogens (tertiary/aromatic N) is 3. The Balaban J connectivity index is 2.03. The Bertz CT molecular complexity index is 804. The van der Waals surface area contributed by atoms with E-state index in [0.29, 0.717) is 10.7 Å². The number of hydrazone groups is 1. The quantitative estimate of drug-likeness (QED) is 0.589. The van der Waals surface area contributed by atoms with Gasteiger partial charge in [0.2, 0.25) is 11.8 Å². The summed E-state index contributed by atoms with van der Waals surface area (Å²) < 4.78 is 4.90. The maximum absolute atomic E-state index is 12.8. The lowest BCUT2D eigenvalue weighted by Crippen LogP contribution is -2.41. The van der Waals surface area contributed by atoms with E-state index in [4.69, 9.17) is 16.3 Å². The number of rotatable bonds is 3. The van der Waals surface area contributed by atoms with Gasteiger partial charge in [0.25, 0.3) is 5.91 Å². The molecule has 2 aliphatic rings. The normalized spacial score (nSPS) is 22.1. The van der Waals surface area contributed by atoms with Crippen LogP contribution in [0.3, 0.4) is 0 Å². The molecule has 8 nitrogen and oxygen atoms in total. The van der Waals surface area contributed by atoms with Crippen molar-refractivity contribution in [2.45, 2.75) is 19.9 Å². The number of halogens is 1. The number of amides is 3. The van der Waals surface area contributed by atoms with E-state index in [9.17, 15) is 19.2 Å². The van der Waals surface area contributed by atoms with Crippen LogP contribution < -0.4 is 4.90 Å². The first kappa shape index (κ1) is 17.1. The number of hydrogen-bond acceptors (Lipinski definition) is 6. The van der Waals surface area contributed by atoms with Gasteiger partial charge in [0.1, 0.15) is 5.92 Å². The van der Waals surface area contributed by atoms with Gasteiger partial charge in [0.15, 0.2) is 11.8 Å². The highest BCUT2D eigenvalue weighted by Gasteiger charge is 2.59. The molecule has 0 spiro atoms. The molecule has 3 amide bonds. The molecule has 2 atom stereocenters. The molecule has 1 saturated heterocycles. The van der Waals surface area contributed by atoms with Gasteiger partial charge in [-0.15, -0.1) is 0 Å². The Morgan fingerprint density at radius 1 is 1.20 bits per heavy atom. The van der Waals surface area contributed by atoms with Gasteiger partial charge in [-0.3, -0.25) is 14.4 Å². The molecule has 0 saturated carbocycles. The van der Waals surface area contributed by atoms with E-state index in [2.05, 4.69) is 5.10 Å². The molecule has 2 heterocycles. The minimum absolute atomic E-state index is 0.0817. The van der Waals surface area contributed by atoms with Crippen molar-refractivity contribution in [3.8, 4) is 0 Å². The van der Waals surface area contributed by atoms with Gasteiger partial charge in [-0.05, 0) is 31.2 Å². The minimum atomic E-state index is -1.18. The van der Waals surface area contributed by atoms with Crippen molar-refractivity contribution >= 4 is 46.7 Å². The highest BCUT2D eigenvalue weighted by molar-refractivity contribution is 6.47. The molecular weight excluding hydrogens is 350 g/mol. The van der Waals surface area contributed by atoms with Gasteiger partial charge in [-0.25, -0.2) is 14.7 Å². The van der Waals surface area contributed by atoms with Crippen molar-refractivity contribution in [1.82, 2.24) is 5.01 Å². The van der Waals surface area contributed by atoms with Crippen molar-refractivity contribution < 1.29 is 23.9 Å². The van der Waals surface area contributed by atoms with Crippen LogP contribution in [0.25, 0.3) is 0 Å². The lowest BCUT2D eigenvalue weighted by molar-refractivity contribution is -0.136. The molecule has 1 fully saturated rings. The van der Waals surface area contributed by atoms with E-state index in [1.54, 1.807) is 6.92 Å². The summed E-state index contributed by atoms with van der Waals surface area (Å²) in [6.07, 6.45) is 0. The topological polar surface area (TPSA) is 96.3 Å². The van der Waals surface area contributed by atoms with Crippen LogP contribution in [0.15, 0.2) is 29.4 Å². The molecule has 2 unspecified atom stereocenters. The monoisotopic (exact) mass is 363 g/mol. The maximum atomic E-state index is 12.8. The molecule has 2 aliphatic heterocycles. The number of esters is 1. The first-order valence-corrected chi connectivity index (χ1v) is 7.93. The van der Waals surface area contributed by atoms with Gasteiger partial charge in [-0.2, -0.15) is 5.10 Å². The van der Waals surface area contributed by atoms with Crippen LogP contribution in [0.1, 0.15) is 13.8 Å². The molecule has 0 N–H and O–H groups in total. The zero-order valence-electron chi connectivity index (χ0n) is 13.4. The van der Waals surface area contributed by atoms with Crippen LogP contribution in [0.4, 0.5) is 5.69 Å². The highest BCUT2D eigenvalue weighted by atomic mass is 35.5. The van der Waals surface area contributed by atoms with Crippen LogP contribution in [0, 0.1) is 5.92 Å². The molecule has 25 heavy (non-hydrogen) atoms. The van der Waals surface area contributed by atoms with Crippen molar-refractivity contribution in [3.05, 3.63) is 29.3 Å². The first-order valence-electron chi connectivity index (χ1n) is 7.55. The fourth-order valence-corrected chi connectivity index (χ4v) is 3.02. The standard InChI is InChI=1S/C16H14ClN3O5/c1-3-25-16(24)12-11-13(20(18-12)8(2)21)15(23)19(14(11)22)10-6-4-9(17)5-7-10/h4-7,11,13H,3H2,1-2H3. The number of benzene rings is 1. The molecule has 3 rings (SSSR count). The summed E-state index contributed by atoms with van der Waals surface area (Å²) in [4.78, 5) is 50.5. The Kier molecular flexibility index (Phi) is 4.30. The average Bonchev–Trinajstić information content (AvgIpc) is 3.07. The number of fused-ring (bicyclic) bond motifs is 1. The van der Waals surface area contributed by atoms with Crippen LogP contribution in [-0.2, 0) is 23.9 Å². The number of carbonyl (C=O) groups is 4. The summed E-state index contributed by atoms with van der Waals surface area (Å²) in [6.45, 7) is 2.89. The van der Waals surface area contributed by atoms with Crippen molar-refractivity contribution in [3.63, 3.8) is 0 Å². The minimum Gasteiger partial charge on any atom is -0.461 e. The summed E-state index contributed by atoms with van der Waals surface area (Å²) in [5.74, 6) is -3.80. The van der Waals surface area contributed by atoms with Crippen LogP contribution in [-0.4, -0.2) is 47.1 Å². The molecule has 0 aromatic heterocycles. The van der Waals surface area contributed by atoms with Crippen LogP contribution in [0.5, 0.6) is 0 Å². The van der Waals surface area contributed by atoms with E-state index in [0.717, 1.165) is 9.91 Å². The Hall–Kier alpha value is -2.74. The van der Waals surface area contributed by atoms with Crippen LogP contribution in [0.2, 0.25) is 5.02 Å². The van der Waals surface area contributed by atoms with Gasteiger partial charge < -0.3 is 4.74 Å². The number of hydrogen-bond donors (Lipinski definition) is 0. The zero-order chi connectivity index (χ0) is 18.3.